The summed E-state index contributed by atoms with van der Waals surface area (Å²) in [6, 6.07) is 5.90. The van der Waals surface area contributed by atoms with Crippen LogP contribution in [0, 0.1) is 5.82 Å². The van der Waals surface area contributed by atoms with Gasteiger partial charge in [-0.25, -0.2) is 4.39 Å². The van der Waals surface area contributed by atoms with E-state index in [0.717, 1.165) is 6.42 Å². The Hall–Kier alpha value is -1.89. The maximum Gasteiger partial charge on any atom is 0.279 e. The molecule has 0 radical (unpaired) electrons. The summed E-state index contributed by atoms with van der Waals surface area (Å²) in [5.41, 5.74) is 4.94. The maximum absolute atomic E-state index is 13.4. The normalized spacial score (nSPS) is 11.3. The van der Waals surface area contributed by atoms with Crippen molar-refractivity contribution in [3.05, 3.63) is 30.1 Å². The molecule has 0 aliphatic carbocycles. The van der Waals surface area contributed by atoms with Gasteiger partial charge in [0, 0.05) is 6.54 Å². The minimum atomic E-state index is -0.853. The van der Waals surface area contributed by atoms with E-state index in [2.05, 4.69) is 16.2 Å². The molecule has 110 valence electrons. The van der Waals surface area contributed by atoms with Crippen molar-refractivity contribution in [1.82, 2.24) is 16.2 Å². The van der Waals surface area contributed by atoms with Gasteiger partial charge in [0.1, 0.15) is 0 Å². The molecule has 0 heterocycles. The monoisotopic (exact) mass is 299 g/mol. The van der Waals surface area contributed by atoms with Crippen molar-refractivity contribution < 1.29 is 13.9 Å². The molecule has 0 fully saturated rings. The molecule has 0 bridgehead atoms. The fraction of sp³-hybridized carbons (Fsp3) is 0.385. The molecule has 0 aliphatic rings. The van der Waals surface area contributed by atoms with Gasteiger partial charge < -0.3 is 10.1 Å². The first-order valence-electron chi connectivity index (χ1n) is 6.29. The van der Waals surface area contributed by atoms with Crippen molar-refractivity contribution in [2.45, 2.75) is 26.4 Å². The van der Waals surface area contributed by atoms with Gasteiger partial charge in [-0.05, 0) is 37.7 Å². The number of amides is 1. The van der Waals surface area contributed by atoms with Crippen molar-refractivity contribution in [2.75, 3.05) is 6.54 Å². The van der Waals surface area contributed by atoms with Crippen LogP contribution >= 0.6 is 12.2 Å². The number of hydrogen-bond acceptors (Lipinski definition) is 3. The molecule has 1 rings (SSSR count). The van der Waals surface area contributed by atoms with Crippen LogP contribution in [0.5, 0.6) is 5.75 Å². The second-order valence-electron chi connectivity index (χ2n) is 4.06. The lowest BCUT2D eigenvalue weighted by molar-refractivity contribution is -0.127. The quantitative estimate of drug-likeness (QED) is 0.568. The smallest absolute Gasteiger partial charge is 0.279 e. The van der Waals surface area contributed by atoms with Gasteiger partial charge in [0.05, 0.1) is 0 Å². The number of ether oxygens (including phenoxy) is 1. The average Bonchev–Trinajstić information content (AvgIpc) is 2.44. The minimum Gasteiger partial charge on any atom is -0.478 e. The van der Waals surface area contributed by atoms with Crippen LogP contribution in [0.25, 0.3) is 0 Å². The maximum atomic E-state index is 13.4. The van der Waals surface area contributed by atoms with Crippen LogP contribution in [0.15, 0.2) is 24.3 Å². The van der Waals surface area contributed by atoms with Gasteiger partial charge in [-0.3, -0.25) is 15.6 Å². The topological polar surface area (TPSA) is 62.4 Å². The summed E-state index contributed by atoms with van der Waals surface area (Å²) in [6.45, 7) is 4.23. The van der Waals surface area contributed by atoms with Gasteiger partial charge in [0.25, 0.3) is 5.91 Å². The molecular formula is C13H18FN3O2S. The number of carbonyl (C=O) groups is 1. The van der Waals surface area contributed by atoms with Crippen molar-refractivity contribution in [1.29, 1.82) is 0 Å². The summed E-state index contributed by atoms with van der Waals surface area (Å²) in [4.78, 5) is 11.7. The number of halogens is 1. The Morgan fingerprint density at radius 2 is 2.10 bits per heavy atom. The van der Waals surface area contributed by atoms with Gasteiger partial charge >= 0.3 is 0 Å². The van der Waals surface area contributed by atoms with E-state index < -0.39 is 17.8 Å². The molecule has 20 heavy (non-hydrogen) atoms. The largest absolute Gasteiger partial charge is 0.478 e. The third-order valence-corrected chi connectivity index (χ3v) is 2.59. The van der Waals surface area contributed by atoms with Crippen LogP contribution in [0.4, 0.5) is 4.39 Å². The number of nitrogens with one attached hydrogen (secondary N) is 3. The first kappa shape index (κ1) is 16.2. The number of para-hydroxylation sites is 1. The third kappa shape index (κ3) is 5.40. The molecule has 0 aliphatic heterocycles. The highest BCUT2D eigenvalue weighted by molar-refractivity contribution is 7.80. The SMILES string of the molecule is CCCNC(=S)NNC(=O)[C@@H](C)Oc1ccccc1F. The van der Waals surface area contributed by atoms with Crippen LogP contribution in [0.3, 0.4) is 0 Å². The molecular weight excluding hydrogens is 281 g/mol. The van der Waals surface area contributed by atoms with Crippen molar-refractivity contribution in [2.24, 2.45) is 0 Å². The first-order valence-corrected chi connectivity index (χ1v) is 6.70. The summed E-state index contributed by atoms with van der Waals surface area (Å²) >= 11 is 4.94. The Kier molecular flexibility index (Phi) is 6.72. The van der Waals surface area contributed by atoms with E-state index in [1.807, 2.05) is 6.92 Å². The van der Waals surface area contributed by atoms with Crippen molar-refractivity contribution >= 4 is 23.2 Å². The summed E-state index contributed by atoms with van der Waals surface area (Å²) in [6.07, 6.45) is 0.0659. The second-order valence-corrected chi connectivity index (χ2v) is 4.47. The number of hydrazine groups is 1. The van der Waals surface area contributed by atoms with Crippen LogP contribution in [0.1, 0.15) is 20.3 Å². The Bertz CT molecular complexity index is 471. The molecule has 1 aromatic rings. The predicted octanol–water partition coefficient (Wildman–Crippen LogP) is 1.50. The molecule has 5 nitrogen and oxygen atoms in total. The Morgan fingerprint density at radius 1 is 1.40 bits per heavy atom. The van der Waals surface area contributed by atoms with Gasteiger partial charge in [-0.2, -0.15) is 0 Å². The molecule has 0 saturated heterocycles. The number of hydrogen-bond donors (Lipinski definition) is 3. The number of rotatable bonds is 5. The van der Waals surface area contributed by atoms with Gasteiger partial charge in [-0.15, -0.1) is 0 Å². The number of benzene rings is 1. The Labute approximate surface area is 122 Å². The molecule has 3 N–H and O–H groups in total. The predicted molar refractivity (Wildman–Crippen MR) is 78.7 cm³/mol. The van der Waals surface area contributed by atoms with Crippen molar-refractivity contribution in [3.63, 3.8) is 0 Å². The fourth-order valence-electron chi connectivity index (χ4n) is 1.29. The lowest BCUT2D eigenvalue weighted by Crippen LogP contribution is -2.50. The molecule has 0 saturated carbocycles. The van der Waals surface area contributed by atoms with E-state index in [1.54, 1.807) is 12.1 Å². The first-order chi connectivity index (χ1) is 9.54. The zero-order valence-corrected chi connectivity index (χ0v) is 12.2. The Morgan fingerprint density at radius 3 is 2.75 bits per heavy atom. The van der Waals surface area contributed by atoms with Gasteiger partial charge in [-0.1, -0.05) is 19.1 Å². The Balaban J connectivity index is 2.40. The number of thiocarbonyl (C=S) groups is 1. The standard InChI is InChI=1S/C13H18FN3O2S/c1-3-8-15-13(20)17-16-12(18)9(2)19-11-7-5-4-6-10(11)14/h4-7,9H,3,8H2,1-2H3,(H,16,18)(H2,15,17,20)/t9-/m1/s1. The molecule has 7 heteroatoms. The van der Waals surface area contributed by atoms with Crippen molar-refractivity contribution in [3.8, 4) is 5.75 Å². The highest BCUT2D eigenvalue weighted by Gasteiger charge is 2.16. The van der Waals surface area contributed by atoms with E-state index in [1.165, 1.54) is 19.1 Å². The highest BCUT2D eigenvalue weighted by Crippen LogP contribution is 2.16. The van der Waals surface area contributed by atoms with Crippen LogP contribution in [-0.2, 0) is 4.79 Å². The van der Waals surface area contributed by atoms with E-state index in [4.69, 9.17) is 17.0 Å². The number of carbonyl (C=O) groups excluding carboxylic acids is 1. The average molecular weight is 299 g/mol. The summed E-state index contributed by atoms with van der Waals surface area (Å²) in [7, 11) is 0. The van der Waals surface area contributed by atoms with E-state index in [9.17, 15) is 9.18 Å². The van der Waals surface area contributed by atoms with E-state index in [0.29, 0.717) is 11.7 Å². The van der Waals surface area contributed by atoms with Crippen LogP contribution in [-0.4, -0.2) is 23.7 Å². The third-order valence-electron chi connectivity index (χ3n) is 2.34. The highest BCUT2D eigenvalue weighted by atomic mass is 32.1. The van der Waals surface area contributed by atoms with Crippen LogP contribution in [0.2, 0.25) is 0 Å². The molecule has 1 amide bonds. The summed E-state index contributed by atoms with van der Waals surface area (Å²) in [5, 5.41) is 3.21. The van der Waals surface area contributed by atoms with Gasteiger partial charge in [0.2, 0.25) is 0 Å². The fourth-order valence-corrected chi connectivity index (χ4v) is 1.44. The molecule has 1 atom stereocenters. The molecule has 1 aromatic carbocycles. The lowest BCUT2D eigenvalue weighted by Gasteiger charge is -2.16. The molecule has 0 unspecified atom stereocenters. The zero-order chi connectivity index (χ0) is 15.0. The van der Waals surface area contributed by atoms with Gasteiger partial charge in [0.15, 0.2) is 22.8 Å². The van der Waals surface area contributed by atoms with E-state index >= 15 is 0 Å². The zero-order valence-electron chi connectivity index (χ0n) is 11.4. The summed E-state index contributed by atoms with van der Waals surface area (Å²) in [5.74, 6) is -0.934. The van der Waals surface area contributed by atoms with E-state index in [-0.39, 0.29) is 5.75 Å². The lowest BCUT2D eigenvalue weighted by atomic mass is 10.3. The van der Waals surface area contributed by atoms with Crippen LogP contribution < -0.4 is 20.9 Å². The molecule has 0 aromatic heterocycles. The summed E-state index contributed by atoms with van der Waals surface area (Å²) < 4.78 is 18.6. The minimum absolute atomic E-state index is 0.0295. The molecule has 0 spiro atoms. The second kappa shape index (κ2) is 8.31.